The van der Waals surface area contributed by atoms with E-state index >= 15 is 0 Å². The summed E-state index contributed by atoms with van der Waals surface area (Å²) in [5, 5.41) is 0. The standard InChI is InChI=1S/C18H22N2O/c1-21-18-7-4-5-16(13-18)15-8-11-20(12-9-15)14-17-6-2-3-10-19-17/h2-7,10,13,15H,8-9,11-12,14H2,1H3. The monoisotopic (exact) mass is 282 g/mol. The number of aromatic nitrogens is 1. The first-order valence-electron chi connectivity index (χ1n) is 7.61. The van der Waals surface area contributed by atoms with Crippen molar-refractivity contribution in [1.82, 2.24) is 9.88 Å². The van der Waals surface area contributed by atoms with Crippen LogP contribution in [0.25, 0.3) is 0 Å². The van der Waals surface area contributed by atoms with E-state index in [-0.39, 0.29) is 0 Å². The van der Waals surface area contributed by atoms with Crippen LogP contribution < -0.4 is 4.74 Å². The number of hydrogen-bond donors (Lipinski definition) is 0. The van der Waals surface area contributed by atoms with Crippen LogP contribution in [-0.2, 0) is 6.54 Å². The van der Waals surface area contributed by atoms with Gasteiger partial charge in [0, 0.05) is 12.7 Å². The van der Waals surface area contributed by atoms with Crippen molar-refractivity contribution in [1.29, 1.82) is 0 Å². The summed E-state index contributed by atoms with van der Waals surface area (Å²) in [5.74, 6) is 1.61. The molecule has 0 atom stereocenters. The molecular formula is C18H22N2O. The van der Waals surface area contributed by atoms with E-state index in [2.05, 4.69) is 40.2 Å². The van der Waals surface area contributed by atoms with Gasteiger partial charge in [-0.1, -0.05) is 18.2 Å². The van der Waals surface area contributed by atoms with Gasteiger partial charge in [0.25, 0.3) is 0 Å². The molecule has 1 aromatic heterocycles. The number of rotatable bonds is 4. The highest BCUT2D eigenvalue weighted by molar-refractivity contribution is 5.31. The van der Waals surface area contributed by atoms with Gasteiger partial charge >= 0.3 is 0 Å². The van der Waals surface area contributed by atoms with Crippen molar-refractivity contribution in [2.45, 2.75) is 25.3 Å². The Morgan fingerprint density at radius 2 is 2.00 bits per heavy atom. The minimum absolute atomic E-state index is 0.653. The molecule has 2 aromatic rings. The lowest BCUT2D eigenvalue weighted by Crippen LogP contribution is -2.32. The molecule has 1 fully saturated rings. The highest BCUT2D eigenvalue weighted by Crippen LogP contribution is 2.30. The Morgan fingerprint density at radius 1 is 1.14 bits per heavy atom. The van der Waals surface area contributed by atoms with Crippen LogP contribution in [0.2, 0.25) is 0 Å². The zero-order valence-electron chi connectivity index (χ0n) is 12.5. The molecule has 21 heavy (non-hydrogen) atoms. The molecule has 0 unspecified atom stereocenters. The van der Waals surface area contributed by atoms with Gasteiger partial charge in [-0.25, -0.2) is 0 Å². The Kier molecular flexibility index (Phi) is 4.51. The minimum Gasteiger partial charge on any atom is -0.497 e. The van der Waals surface area contributed by atoms with E-state index < -0.39 is 0 Å². The largest absolute Gasteiger partial charge is 0.497 e. The zero-order chi connectivity index (χ0) is 14.5. The normalized spacial score (nSPS) is 16.8. The van der Waals surface area contributed by atoms with Crippen LogP contribution in [0.1, 0.15) is 30.0 Å². The number of methoxy groups -OCH3 is 1. The van der Waals surface area contributed by atoms with Crippen LogP contribution in [0.15, 0.2) is 48.7 Å². The second-order valence-corrected chi connectivity index (χ2v) is 5.65. The lowest BCUT2D eigenvalue weighted by molar-refractivity contribution is 0.202. The van der Waals surface area contributed by atoms with Crippen LogP contribution in [0.3, 0.4) is 0 Å². The molecule has 1 aliphatic heterocycles. The third-order valence-electron chi connectivity index (χ3n) is 4.26. The Morgan fingerprint density at radius 3 is 2.71 bits per heavy atom. The molecule has 110 valence electrons. The molecule has 3 nitrogen and oxygen atoms in total. The van der Waals surface area contributed by atoms with E-state index in [4.69, 9.17) is 4.74 Å². The Hall–Kier alpha value is -1.87. The maximum Gasteiger partial charge on any atom is 0.119 e. The van der Waals surface area contributed by atoms with E-state index in [1.165, 1.54) is 18.4 Å². The maximum absolute atomic E-state index is 5.33. The lowest BCUT2D eigenvalue weighted by Gasteiger charge is -2.32. The molecule has 3 heteroatoms. The van der Waals surface area contributed by atoms with Gasteiger partial charge in [0.05, 0.1) is 12.8 Å². The summed E-state index contributed by atoms with van der Waals surface area (Å²) in [6.45, 7) is 3.24. The smallest absolute Gasteiger partial charge is 0.119 e. The highest BCUT2D eigenvalue weighted by Gasteiger charge is 2.21. The molecule has 0 N–H and O–H groups in total. The fraction of sp³-hybridized carbons (Fsp3) is 0.389. The first-order valence-corrected chi connectivity index (χ1v) is 7.61. The summed E-state index contributed by atoms with van der Waals surface area (Å²) in [7, 11) is 1.73. The van der Waals surface area contributed by atoms with Crippen LogP contribution in [0, 0.1) is 0 Å². The van der Waals surface area contributed by atoms with E-state index in [1.54, 1.807) is 7.11 Å². The van der Waals surface area contributed by atoms with Crippen molar-refractivity contribution >= 4 is 0 Å². The van der Waals surface area contributed by atoms with Crippen molar-refractivity contribution < 1.29 is 4.74 Å². The van der Waals surface area contributed by atoms with Crippen molar-refractivity contribution in [3.8, 4) is 5.75 Å². The third-order valence-corrected chi connectivity index (χ3v) is 4.26. The van der Waals surface area contributed by atoms with E-state index in [1.807, 2.05) is 18.3 Å². The van der Waals surface area contributed by atoms with Gasteiger partial charge in [-0.2, -0.15) is 0 Å². The number of benzene rings is 1. The minimum atomic E-state index is 0.653. The molecule has 0 spiro atoms. The predicted octanol–water partition coefficient (Wildman–Crippen LogP) is 3.47. The summed E-state index contributed by atoms with van der Waals surface area (Å²) >= 11 is 0. The molecule has 1 saturated heterocycles. The van der Waals surface area contributed by atoms with E-state index in [9.17, 15) is 0 Å². The first kappa shape index (κ1) is 14.1. The molecule has 0 aliphatic carbocycles. The van der Waals surface area contributed by atoms with Gasteiger partial charge in [0.2, 0.25) is 0 Å². The molecule has 3 rings (SSSR count). The molecule has 2 heterocycles. The number of ether oxygens (including phenoxy) is 1. The van der Waals surface area contributed by atoms with Crippen LogP contribution in [-0.4, -0.2) is 30.1 Å². The number of nitrogens with zero attached hydrogens (tertiary/aromatic N) is 2. The van der Waals surface area contributed by atoms with E-state index in [0.717, 1.165) is 31.1 Å². The third kappa shape index (κ3) is 3.61. The molecule has 0 bridgehead atoms. The fourth-order valence-corrected chi connectivity index (χ4v) is 3.04. The second kappa shape index (κ2) is 6.72. The number of likely N-dealkylation sites (tertiary alicyclic amines) is 1. The quantitative estimate of drug-likeness (QED) is 0.858. The summed E-state index contributed by atoms with van der Waals surface area (Å²) in [6.07, 6.45) is 4.29. The van der Waals surface area contributed by atoms with Crippen molar-refractivity contribution in [2.75, 3.05) is 20.2 Å². The molecule has 0 radical (unpaired) electrons. The van der Waals surface area contributed by atoms with E-state index in [0.29, 0.717) is 5.92 Å². The number of piperidine rings is 1. The predicted molar refractivity (Wildman–Crippen MR) is 84.5 cm³/mol. The number of hydrogen-bond acceptors (Lipinski definition) is 3. The van der Waals surface area contributed by atoms with Crippen molar-refractivity contribution in [3.05, 3.63) is 59.9 Å². The van der Waals surface area contributed by atoms with Gasteiger partial charge in [-0.15, -0.1) is 0 Å². The van der Waals surface area contributed by atoms with Crippen molar-refractivity contribution in [3.63, 3.8) is 0 Å². The molecule has 1 aliphatic rings. The van der Waals surface area contributed by atoms with Crippen LogP contribution >= 0.6 is 0 Å². The summed E-state index contributed by atoms with van der Waals surface area (Å²) in [4.78, 5) is 6.91. The van der Waals surface area contributed by atoms with Crippen LogP contribution in [0.4, 0.5) is 0 Å². The summed E-state index contributed by atoms with van der Waals surface area (Å²) in [5.41, 5.74) is 2.57. The van der Waals surface area contributed by atoms with Gasteiger partial charge in [0.15, 0.2) is 0 Å². The maximum atomic E-state index is 5.33. The molecular weight excluding hydrogens is 260 g/mol. The second-order valence-electron chi connectivity index (χ2n) is 5.65. The number of pyridine rings is 1. The van der Waals surface area contributed by atoms with Gasteiger partial charge in [-0.05, 0) is 61.7 Å². The molecule has 0 amide bonds. The Bertz CT molecular complexity index is 562. The van der Waals surface area contributed by atoms with Crippen molar-refractivity contribution in [2.24, 2.45) is 0 Å². The summed E-state index contributed by atoms with van der Waals surface area (Å²) in [6, 6.07) is 14.6. The van der Waals surface area contributed by atoms with Gasteiger partial charge in [-0.3, -0.25) is 9.88 Å². The molecule has 0 saturated carbocycles. The summed E-state index contributed by atoms with van der Waals surface area (Å²) < 4.78 is 5.33. The fourth-order valence-electron chi connectivity index (χ4n) is 3.04. The Balaban J connectivity index is 1.57. The van der Waals surface area contributed by atoms with Gasteiger partial charge in [0.1, 0.15) is 5.75 Å². The molecule has 1 aromatic carbocycles. The Labute approximate surface area is 126 Å². The average molecular weight is 282 g/mol. The lowest BCUT2D eigenvalue weighted by atomic mass is 9.89. The topological polar surface area (TPSA) is 25.4 Å². The average Bonchev–Trinajstić information content (AvgIpc) is 2.56. The van der Waals surface area contributed by atoms with Crippen LogP contribution in [0.5, 0.6) is 5.75 Å². The first-order chi connectivity index (χ1) is 10.3. The SMILES string of the molecule is COc1cccc(C2CCN(Cc3ccccn3)CC2)c1. The van der Waals surface area contributed by atoms with Gasteiger partial charge < -0.3 is 4.74 Å². The zero-order valence-corrected chi connectivity index (χ0v) is 12.5. The highest BCUT2D eigenvalue weighted by atomic mass is 16.5.